The van der Waals surface area contributed by atoms with Crippen LogP contribution in [0, 0.1) is 16.0 Å². The van der Waals surface area contributed by atoms with Crippen molar-refractivity contribution in [1.29, 1.82) is 0 Å². The minimum Gasteiger partial charge on any atom is -0.467 e. The van der Waals surface area contributed by atoms with Gasteiger partial charge in [-0.05, 0) is 32.1 Å². The van der Waals surface area contributed by atoms with Crippen molar-refractivity contribution in [3.05, 3.63) is 33.9 Å². The lowest BCUT2D eigenvalue weighted by Crippen LogP contribution is -2.68. The molecule has 3 unspecified atom stereocenters. The van der Waals surface area contributed by atoms with Gasteiger partial charge in [-0.1, -0.05) is 6.92 Å². The van der Waals surface area contributed by atoms with Gasteiger partial charge in [-0.15, -0.1) is 0 Å². The van der Waals surface area contributed by atoms with Gasteiger partial charge in [0.15, 0.2) is 10.8 Å². The lowest BCUT2D eigenvalue weighted by Gasteiger charge is -2.55. The van der Waals surface area contributed by atoms with Crippen LogP contribution in [0.3, 0.4) is 0 Å². The SMILES string of the molecule is CCN1C(=S)NC2c3cc([N+](=O)[O-])ccc3OC1(C)C2C. The highest BCUT2D eigenvalue weighted by Crippen LogP contribution is 2.48. The van der Waals surface area contributed by atoms with E-state index in [2.05, 4.69) is 12.2 Å². The van der Waals surface area contributed by atoms with Gasteiger partial charge in [-0.2, -0.15) is 0 Å². The van der Waals surface area contributed by atoms with E-state index >= 15 is 0 Å². The number of fused-ring (bicyclic) bond motifs is 4. The molecule has 2 aliphatic rings. The molecule has 1 aromatic carbocycles. The third kappa shape index (κ3) is 1.87. The largest absolute Gasteiger partial charge is 0.467 e. The van der Waals surface area contributed by atoms with E-state index < -0.39 is 10.6 Å². The summed E-state index contributed by atoms with van der Waals surface area (Å²) in [6, 6.07) is 4.65. The zero-order chi connectivity index (χ0) is 15.4. The van der Waals surface area contributed by atoms with Crippen LogP contribution in [0.25, 0.3) is 0 Å². The molecular formula is C14H17N3O3S. The molecule has 7 heteroatoms. The van der Waals surface area contributed by atoms with Crippen LogP contribution in [0.2, 0.25) is 0 Å². The minimum absolute atomic E-state index is 0.0683. The summed E-state index contributed by atoms with van der Waals surface area (Å²) < 4.78 is 6.19. The number of ether oxygens (including phenoxy) is 1. The van der Waals surface area contributed by atoms with E-state index in [9.17, 15) is 10.1 Å². The van der Waals surface area contributed by atoms with Crippen molar-refractivity contribution in [2.45, 2.75) is 32.5 Å². The van der Waals surface area contributed by atoms with Crippen molar-refractivity contribution >= 4 is 23.0 Å². The summed E-state index contributed by atoms with van der Waals surface area (Å²) in [5.41, 5.74) is 0.330. The van der Waals surface area contributed by atoms with Crippen LogP contribution >= 0.6 is 12.2 Å². The van der Waals surface area contributed by atoms with Crippen LogP contribution in [-0.2, 0) is 0 Å². The first-order chi connectivity index (χ1) is 9.88. The smallest absolute Gasteiger partial charge is 0.270 e. The molecule has 1 aromatic rings. The maximum Gasteiger partial charge on any atom is 0.270 e. The number of nitro benzene ring substituents is 1. The molecule has 1 N–H and O–H groups in total. The lowest BCUT2D eigenvalue weighted by molar-refractivity contribution is -0.385. The molecule has 0 spiro atoms. The minimum atomic E-state index is -0.537. The Morgan fingerprint density at radius 3 is 2.90 bits per heavy atom. The van der Waals surface area contributed by atoms with Crippen LogP contribution in [0.1, 0.15) is 32.4 Å². The number of nitrogens with one attached hydrogen (secondary N) is 1. The van der Waals surface area contributed by atoms with Gasteiger partial charge in [-0.25, -0.2) is 0 Å². The summed E-state index contributed by atoms with van der Waals surface area (Å²) in [5.74, 6) is 0.790. The highest BCUT2D eigenvalue weighted by atomic mass is 32.1. The monoisotopic (exact) mass is 307 g/mol. The molecule has 0 radical (unpaired) electrons. The third-order valence-electron chi connectivity index (χ3n) is 4.58. The van der Waals surface area contributed by atoms with Crippen molar-refractivity contribution in [3.8, 4) is 5.75 Å². The van der Waals surface area contributed by atoms with Crippen LogP contribution in [0.15, 0.2) is 18.2 Å². The second-order valence-electron chi connectivity index (χ2n) is 5.60. The summed E-state index contributed by atoms with van der Waals surface area (Å²) in [6.45, 7) is 6.86. The fraction of sp³-hybridized carbons (Fsp3) is 0.500. The van der Waals surface area contributed by atoms with Gasteiger partial charge in [0.2, 0.25) is 0 Å². The predicted octanol–water partition coefficient (Wildman–Crippen LogP) is 2.59. The van der Waals surface area contributed by atoms with Gasteiger partial charge in [0.1, 0.15) is 5.75 Å². The molecule has 112 valence electrons. The number of rotatable bonds is 2. The van der Waals surface area contributed by atoms with E-state index in [1.54, 1.807) is 12.1 Å². The number of hydrogen-bond acceptors (Lipinski definition) is 4. The average molecular weight is 307 g/mol. The van der Waals surface area contributed by atoms with Gasteiger partial charge >= 0.3 is 0 Å². The Morgan fingerprint density at radius 1 is 1.57 bits per heavy atom. The third-order valence-corrected chi connectivity index (χ3v) is 4.92. The van der Waals surface area contributed by atoms with Gasteiger partial charge in [-0.3, -0.25) is 10.1 Å². The number of nitro groups is 1. The molecule has 3 atom stereocenters. The molecule has 3 rings (SSSR count). The van der Waals surface area contributed by atoms with Crippen LogP contribution in [0.4, 0.5) is 5.69 Å². The quantitative estimate of drug-likeness (QED) is 0.514. The normalized spacial score (nSPS) is 30.2. The van der Waals surface area contributed by atoms with Crippen LogP contribution in [0.5, 0.6) is 5.75 Å². The number of nitrogens with zero attached hydrogens (tertiary/aromatic N) is 2. The Morgan fingerprint density at radius 2 is 2.29 bits per heavy atom. The molecule has 6 nitrogen and oxygen atoms in total. The fourth-order valence-corrected chi connectivity index (χ4v) is 3.69. The zero-order valence-electron chi connectivity index (χ0n) is 12.1. The Balaban J connectivity index is 2.13. The highest BCUT2D eigenvalue weighted by molar-refractivity contribution is 7.80. The zero-order valence-corrected chi connectivity index (χ0v) is 12.9. The number of non-ortho nitro benzene ring substituents is 1. The maximum atomic E-state index is 11.0. The summed E-state index contributed by atoms with van der Waals surface area (Å²) in [7, 11) is 0. The van der Waals surface area contributed by atoms with E-state index in [1.165, 1.54) is 6.07 Å². The molecule has 0 saturated carbocycles. The first kappa shape index (κ1) is 14.1. The highest BCUT2D eigenvalue weighted by Gasteiger charge is 2.52. The van der Waals surface area contributed by atoms with Crippen molar-refractivity contribution in [2.24, 2.45) is 5.92 Å². The lowest BCUT2D eigenvalue weighted by atomic mass is 9.81. The van der Waals surface area contributed by atoms with Gasteiger partial charge in [0.05, 0.1) is 11.0 Å². The van der Waals surface area contributed by atoms with E-state index in [0.717, 1.165) is 12.1 Å². The van der Waals surface area contributed by atoms with Crippen molar-refractivity contribution in [3.63, 3.8) is 0 Å². The summed E-state index contributed by atoms with van der Waals surface area (Å²) in [6.07, 6.45) is 0. The first-order valence-electron chi connectivity index (χ1n) is 6.94. The Hall–Kier alpha value is -1.89. The fourth-order valence-electron chi connectivity index (χ4n) is 3.25. The van der Waals surface area contributed by atoms with Gasteiger partial charge in [0.25, 0.3) is 5.69 Å². The Labute approximate surface area is 128 Å². The van der Waals surface area contributed by atoms with Gasteiger partial charge < -0.3 is 15.0 Å². The molecule has 0 aliphatic carbocycles. The molecule has 2 heterocycles. The van der Waals surface area contributed by atoms with Crippen molar-refractivity contribution in [1.82, 2.24) is 10.2 Å². The van der Waals surface area contributed by atoms with E-state index in [1.807, 2.05) is 18.7 Å². The number of hydrogen-bond donors (Lipinski definition) is 1. The molecule has 2 aliphatic heterocycles. The average Bonchev–Trinajstić information content (AvgIpc) is 2.42. The summed E-state index contributed by atoms with van der Waals surface area (Å²) in [5, 5.41) is 14.9. The van der Waals surface area contributed by atoms with Crippen molar-refractivity contribution < 1.29 is 9.66 Å². The molecule has 0 amide bonds. The second-order valence-corrected chi connectivity index (χ2v) is 5.98. The number of benzene rings is 1. The molecule has 1 fully saturated rings. The maximum absolute atomic E-state index is 11.0. The van der Waals surface area contributed by atoms with E-state index in [-0.39, 0.29) is 17.6 Å². The van der Waals surface area contributed by atoms with E-state index in [4.69, 9.17) is 17.0 Å². The predicted molar refractivity (Wildman–Crippen MR) is 82.1 cm³/mol. The molecule has 21 heavy (non-hydrogen) atoms. The molecule has 2 bridgehead atoms. The Kier molecular flexibility index (Phi) is 3.05. The second kappa shape index (κ2) is 4.56. The van der Waals surface area contributed by atoms with E-state index in [0.29, 0.717) is 10.9 Å². The van der Waals surface area contributed by atoms with Gasteiger partial charge in [0, 0.05) is 30.2 Å². The first-order valence-corrected chi connectivity index (χ1v) is 7.34. The van der Waals surface area contributed by atoms with Crippen molar-refractivity contribution in [2.75, 3.05) is 6.54 Å². The molecular weight excluding hydrogens is 290 g/mol. The summed E-state index contributed by atoms with van der Waals surface area (Å²) in [4.78, 5) is 12.6. The standard InChI is InChI=1S/C14H17N3O3S/c1-4-16-13(21)15-12-8(2)14(16,3)20-11-6-5-9(17(18)19)7-10(11)12/h5-8,12H,4H2,1-3H3,(H,15,21). The molecule has 1 saturated heterocycles. The van der Waals surface area contributed by atoms with Crippen LogP contribution in [-0.4, -0.2) is 27.2 Å². The van der Waals surface area contributed by atoms with Crippen LogP contribution < -0.4 is 10.1 Å². The summed E-state index contributed by atoms with van der Waals surface area (Å²) >= 11 is 5.42. The molecule has 0 aromatic heterocycles. The Bertz CT molecular complexity index is 636. The topological polar surface area (TPSA) is 67.6 Å². The number of thiocarbonyl (C=S) groups is 1.